The summed E-state index contributed by atoms with van der Waals surface area (Å²) in [7, 11) is 0. The Hall–Kier alpha value is -2.93. The zero-order valence-corrected chi connectivity index (χ0v) is 13.0. The van der Waals surface area contributed by atoms with Gasteiger partial charge in [0.15, 0.2) is 23.0 Å². The van der Waals surface area contributed by atoms with Gasteiger partial charge >= 0.3 is 0 Å². The third-order valence-electron chi connectivity index (χ3n) is 3.50. The highest BCUT2D eigenvalue weighted by atomic mass is 35.5. The summed E-state index contributed by atoms with van der Waals surface area (Å²) >= 11 is 6.13. The number of hydrogen-bond acceptors (Lipinski definition) is 6. The standard InChI is InChI=1S/C16H11ClN2O5/c17-11-5-15-14(23-8-24-15)4-10(11)6-18-19-16(20)9-1-2-12-13(3-9)22-7-21-12/h1-6H,7-8H2,(H,19,20)/b18-6-. The molecule has 2 heterocycles. The predicted octanol–water partition coefficient (Wildman–Crippen LogP) is 2.56. The van der Waals surface area contributed by atoms with Crippen LogP contribution >= 0.6 is 11.6 Å². The molecule has 0 saturated heterocycles. The molecule has 0 saturated carbocycles. The smallest absolute Gasteiger partial charge is 0.271 e. The number of benzene rings is 2. The van der Waals surface area contributed by atoms with Crippen LogP contribution < -0.4 is 24.4 Å². The number of rotatable bonds is 3. The van der Waals surface area contributed by atoms with E-state index in [-0.39, 0.29) is 19.5 Å². The lowest BCUT2D eigenvalue weighted by Crippen LogP contribution is -2.17. The molecule has 2 aliphatic heterocycles. The van der Waals surface area contributed by atoms with Gasteiger partial charge in [-0.15, -0.1) is 0 Å². The molecule has 2 aromatic rings. The number of hydrogen-bond donors (Lipinski definition) is 1. The van der Waals surface area contributed by atoms with E-state index in [0.29, 0.717) is 39.1 Å². The Kier molecular flexibility index (Phi) is 3.62. The van der Waals surface area contributed by atoms with Crippen LogP contribution in [0, 0.1) is 0 Å². The van der Waals surface area contributed by atoms with Gasteiger partial charge in [-0.25, -0.2) is 5.43 Å². The average molecular weight is 347 g/mol. The van der Waals surface area contributed by atoms with Gasteiger partial charge in [0, 0.05) is 17.2 Å². The van der Waals surface area contributed by atoms with E-state index >= 15 is 0 Å². The van der Waals surface area contributed by atoms with Crippen molar-refractivity contribution in [2.24, 2.45) is 5.10 Å². The van der Waals surface area contributed by atoms with Crippen LogP contribution in [0.3, 0.4) is 0 Å². The van der Waals surface area contributed by atoms with Crippen molar-refractivity contribution in [1.82, 2.24) is 5.43 Å². The fourth-order valence-electron chi connectivity index (χ4n) is 2.29. The molecule has 8 heteroatoms. The number of nitrogens with zero attached hydrogens (tertiary/aromatic N) is 1. The van der Waals surface area contributed by atoms with Gasteiger partial charge in [-0.3, -0.25) is 4.79 Å². The first-order valence-electron chi connectivity index (χ1n) is 7.03. The third kappa shape index (κ3) is 2.69. The van der Waals surface area contributed by atoms with E-state index < -0.39 is 0 Å². The molecular weight excluding hydrogens is 336 g/mol. The van der Waals surface area contributed by atoms with Gasteiger partial charge in [0.25, 0.3) is 5.91 Å². The minimum Gasteiger partial charge on any atom is -0.454 e. The summed E-state index contributed by atoms with van der Waals surface area (Å²) in [6.07, 6.45) is 1.44. The minimum absolute atomic E-state index is 0.154. The summed E-state index contributed by atoms with van der Waals surface area (Å²) in [5.74, 6) is 1.94. The van der Waals surface area contributed by atoms with E-state index in [4.69, 9.17) is 30.5 Å². The molecule has 4 rings (SSSR count). The Morgan fingerprint density at radius 3 is 2.46 bits per heavy atom. The molecule has 1 amide bonds. The molecule has 0 fully saturated rings. The fraction of sp³-hybridized carbons (Fsp3) is 0.125. The second kappa shape index (κ2) is 5.93. The number of nitrogens with one attached hydrogen (secondary N) is 1. The molecule has 0 unspecified atom stereocenters. The Balaban J connectivity index is 1.46. The maximum absolute atomic E-state index is 12.1. The van der Waals surface area contributed by atoms with Crippen molar-refractivity contribution in [3.05, 3.63) is 46.5 Å². The van der Waals surface area contributed by atoms with Crippen molar-refractivity contribution in [2.75, 3.05) is 13.6 Å². The number of hydrazone groups is 1. The van der Waals surface area contributed by atoms with Gasteiger partial charge in [-0.05, 0) is 24.3 Å². The van der Waals surface area contributed by atoms with E-state index in [0.717, 1.165) is 0 Å². The molecule has 0 radical (unpaired) electrons. The molecule has 2 aromatic carbocycles. The highest BCUT2D eigenvalue weighted by molar-refractivity contribution is 6.33. The topological polar surface area (TPSA) is 78.4 Å². The predicted molar refractivity (Wildman–Crippen MR) is 85.2 cm³/mol. The van der Waals surface area contributed by atoms with E-state index in [1.54, 1.807) is 30.3 Å². The molecule has 2 aliphatic rings. The Morgan fingerprint density at radius 2 is 1.67 bits per heavy atom. The normalized spacial score (nSPS) is 14.2. The van der Waals surface area contributed by atoms with Crippen molar-refractivity contribution >= 4 is 23.7 Å². The summed E-state index contributed by atoms with van der Waals surface area (Å²) in [6.45, 7) is 0.314. The highest BCUT2D eigenvalue weighted by Gasteiger charge is 2.17. The molecular formula is C16H11ClN2O5. The summed E-state index contributed by atoms with van der Waals surface area (Å²) in [4.78, 5) is 12.1. The second-order valence-electron chi connectivity index (χ2n) is 4.99. The van der Waals surface area contributed by atoms with Gasteiger partial charge in [0.2, 0.25) is 13.6 Å². The maximum atomic E-state index is 12.1. The number of carbonyl (C=O) groups excluding carboxylic acids is 1. The van der Waals surface area contributed by atoms with Gasteiger partial charge in [-0.2, -0.15) is 5.10 Å². The van der Waals surface area contributed by atoms with Crippen LogP contribution in [0.5, 0.6) is 23.0 Å². The van der Waals surface area contributed by atoms with Crippen LogP contribution in [0.1, 0.15) is 15.9 Å². The van der Waals surface area contributed by atoms with Crippen LogP contribution in [-0.4, -0.2) is 25.7 Å². The lowest BCUT2D eigenvalue weighted by Gasteiger charge is -2.03. The second-order valence-corrected chi connectivity index (χ2v) is 5.40. The summed E-state index contributed by atoms with van der Waals surface area (Å²) in [5, 5.41) is 4.37. The van der Waals surface area contributed by atoms with Crippen LogP contribution in [0.25, 0.3) is 0 Å². The average Bonchev–Trinajstić information content (AvgIpc) is 3.22. The zero-order valence-electron chi connectivity index (χ0n) is 12.2. The Morgan fingerprint density at radius 1 is 1.00 bits per heavy atom. The molecule has 7 nitrogen and oxygen atoms in total. The van der Waals surface area contributed by atoms with Gasteiger partial charge < -0.3 is 18.9 Å². The van der Waals surface area contributed by atoms with Crippen molar-refractivity contribution in [2.45, 2.75) is 0 Å². The van der Waals surface area contributed by atoms with E-state index in [9.17, 15) is 4.79 Å². The van der Waals surface area contributed by atoms with Gasteiger partial charge in [0.1, 0.15) is 0 Å². The van der Waals surface area contributed by atoms with Crippen LogP contribution in [-0.2, 0) is 0 Å². The van der Waals surface area contributed by atoms with Crippen molar-refractivity contribution in [1.29, 1.82) is 0 Å². The van der Waals surface area contributed by atoms with Gasteiger partial charge in [-0.1, -0.05) is 11.6 Å². The first kappa shape index (κ1) is 14.6. The van der Waals surface area contributed by atoms with Crippen molar-refractivity contribution in [3.8, 4) is 23.0 Å². The zero-order chi connectivity index (χ0) is 16.5. The number of amides is 1. The number of fused-ring (bicyclic) bond motifs is 2. The van der Waals surface area contributed by atoms with Crippen LogP contribution in [0.4, 0.5) is 0 Å². The molecule has 0 spiro atoms. The third-order valence-corrected chi connectivity index (χ3v) is 3.82. The molecule has 0 atom stereocenters. The highest BCUT2D eigenvalue weighted by Crippen LogP contribution is 2.36. The van der Waals surface area contributed by atoms with Gasteiger partial charge in [0.05, 0.1) is 11.2 Å². The summed E-state index contributed by atoms with van der Waals surface area (Å²) in [6, 6.07) is 8.24. The Labute approximate surface area is 141 Å². The van der Waals surface area contributed by atoms with Crippen molar-refractivity contribution in [3.63, 3.8) is 0 Å². The largest absolute Gasteiger partial charge is 0.454 e. The molecule has 0 aliphatic carbocycles. The van der Waals surface area contributed by atoms with Crippen LogP contribution in [0.15, 0.2) is 35.4 Å². The lowest BCUT2D eigenvalue weighted by molar-refractivity contribution is 0.0954. The molecule has 0 bridgehead atoms. The lowest BCUT2D eigenvalue weighted by atomic mass is 10.2. The fourth-order valence-corrected chi connectivity index (χ4v) is 2.50. The monoisotopic (exact) mass is 346 g/mol. The quantitative estimate of drug-likeness (QED) is 0.682. The van der Waals surface area contributed by atoms with Crippen LogP contribution in [0.2, 0.25) is 5.02 Å². The van der Waals surface area contributed by atoms with E-state index in [1.807, 2.05) is 0 Å². The molecule has 122 valence electrons. The summed E-state index contributed by atoms with van der Waals surface area (Å²) in [5.41, 5.74) is 3.45. The van der Waals surface area contributed by atoms with E-state index in [1.165, 1.54) is 6.21 Å². The summed E-state index contributed by atoms with van der Waals surface area (Å²) < 4.78 is 20.9. The molecule has 0 aromatic heterocycles. The maximum Gasteiger partial charge on any atom is 0.271 e. The molecule has 1 N–H and O–H groups in total. The first-order chi connectivity index (χ1) is 11.7. The Bertz CT molecular complexity index is 853. The number of carbonyl (C=O) groups is 1. The molecule has 24 heavy (non-hydrogen) atoms. The number of ether oxygens (including phenoxy) is 4. The SMILES string of the molecule is O=C(N/N=C\c1cc2c(cc1Cl)OCO2)c1ccc2c(c1)OCO2. The first-order valence-corrected chi connectivity index (χ1v) is 7.41. The minimum atomic E-state index is -0.374. The van der Waals surface area contributed by atoms with E-state index in [2.05, 4.69) is 10.5 Å². The number of halogens is 1. The van der Waals surface area contributed by atoms with Crippen molar-refractivity contribution < 1.29 is 23.7 Å².